The van der Waals surface area contributed by atoms with E-state index < -0.39 is 0 Å². The number of nitrogens with two attached hydrogens (primary N) is 1. The van der Waals surface area contributed by atoms with Gasteiger partial charge in [0.05, 0.1) is 0 Å². The maximum absolute atomic E-state index is 6.11. The zero-order valence-electron chi connectivity index (χ0n) is 10.3. The second-order valence-electron chi connectivity index (χ2n) is 5.25. The minimum absolute atomic E-state index is 0.365. The van der Waals surface area contributed by atoms with Gasteiger partial charge in [-0.2, -0.15) is 0 Å². The average molecular weight is 229 g/mol. The molecule has 1 fully saturated rings. The summed E-state index contributed by atoms with van der Waals surface area (Å²) in [6, 6.07) is 8.79. The van der Waals surface area contributed by atoms with Crippen molar-refractivity contribution in [3.8, 4) is 0 Å². The maximum atomic E-state index is 6.11. The number of aryl methyl sites for hydroxylation is 2. The molecule has 1 aliphatic rings. The predicted molar refractivity (Wildman–Crippen MR) is 70.0 cm³/mol. The summed E-state index contributed by atoms with van der Waals surface area (Å²) in [5.41, 5.74) is 8.35. The van der Waals surface area contributed by atoms with Crippen molar-refractivity contribution in [3.63, 3.8) is 0 Å². The Labute approximate surface area is 102 Å². The molecular weight excluding hydrogens is 210 g/mol. The number of hydrogen-bond donors (Lipinski definition) is 1. The molecule has 0 bridgehead atoms. The van der Waals surface area contributed by atoms with Crippen molar-refractivity contribution in [1.82, 2.24) is 0 Å². The molecule has 1 heterocycles. The van der Waals surface area contributed by atoms with Gasteiger partial charge in [-0.25, -0.2) is 0 Å². The molecule has 2 nitrogen and oxygen atoms in total. The Bertz CT molecular complexity index is 525. The van der Waals surface area contributed by atoms with Crippen LogP contribution in [0.25, 0.3) is 11.0 Å². The number of furan rings is 1. The fourth-order valence-corrected chi connectivity index (χ4v) is 2.45. The molecule has 1 aromatic carbocycles. The largest absolute Gasteiger partial charge is 0.461 e. The Kier molecular flexibility index (Phi) is 2.67. The van der Waals surface area contributed by atoms with Crippen molar-refractivity contribution < 1.29 is 4.42 Å². The van der Waals surface area contributed by atoms with E-state index in [1.807, 2.05) is 0 Å². The van der Waals surface area contributed by atoms with E-state index in [9.17, 15) is 0 Å². The molecule has 0 saturated heterocycles. The van der Waals surface area contributed by atoms with Gasteiger partial charge in [0.15, 0.2) is 0 Å². The molecule has 0 amide bonds. The Balaban J connectivity index is 1.74. The first-order valence-electron chi connectivity index (χ1n) is 6.47. The van der Waals surface area contributed by atoms with Crippen LogP contribution in [0.2, 0.25) is 0 Å². The van der Waals surface area contributed by atoms with Crippen LogP contribution in [0, 0.1) is 12.8 Å². The van der Waals surface area contributed by atoms with Crippen LogP contribution >= 0.6 is 0 Å². The van der Waals surface area contributed by atoms with Crippen LogP contribution in [0.1, 0.15) is 30.6 Å². The van der Waals surface area contributed by atoms with Crippen molar-refractivity contribution in [2.75, 3.05) is 0 Å². The van der Waals surface area contributed by atoms with Crippen LogP contribution in [-0.2, 0) is 6.42 Å². The molecule has 1 atom stereocenters. The Hall–Kier alpha value is -1.28. The van der Waals surface area contributed by atoms with Crippen molar-refractivity contribution in [2.24, 2.45) is 11.7 Å². The van der Waals surface area contributed by atoms with Gasteiger partial charge in [-0.1, -0.05) is 18.2 Å². The molecule has 0 aliphatic heterocycles. The molecule has 1 unspecified atom stereocenters. The number of hydrogen-bond acceptors (Lipinski definition) is 2. The lowest BCUT2D eigenvalue weighted by Gasteiger charge is -2.07. The van der Waals surface area contributed by atoms with E-state index in [0.29, 0.717) is 6.04 Å². The average Bonchev–Trinajstić information content (AvgIpc) is 3.07. The molecule has 0 radical (unpaired) electrons. The number of rotatable bonds is 4. The third kappa shape index (κ3) is 2.22. The van der Waals surface area contributed by atoms with Crippen molar-refractivity contribution in [1.29, 1.82) is 0 Å². The Morgan fingerprint density at radius 1 is 1.41 bits per heavy atom. The van der Waals surface area contributed by atoms with Crippen LogP contribution in [0.4, 0.5) is 0 Å². The highest BCUT2D eigenvalue weighted by atomic mass is 16.3. The normalized spacial score (nSPS) is 17.5. The van der Waals surface area contributed by atoms with E-state index in [2.05, 4.69) is 31.2 Å². The van der Waals surface area contributed by atoms with Crippen molar-refractivity contribution in [2.45, 2.75) is 38.6 Å². The van der Waals surface area contributed by atoms with Gasteiger partial charge in [-0.15, -0.1) is 0 Å². The van der Waals surface area contributed by atoms with E-state index in [1.165, 1.54) is 23.8 Å². The highest BCUT2D eigenvalue weighted by Gasteiger charge is 2.28. The molecule has 2 heteroatoms. The number of para-hydroxylation sites is 1. The molecule has 2 aromatic rings. The summed E-state index contributed by atoms with van der Waals surface area (Å²) in [5, 5.41) is 1.21. The molecule has 1 aliphatic carbocycles. The number of fused-ring (bicyclic) bond motifs is 1. The lowest BCUT2D eigenvalue weighted by molar-refractivity contribution is 0.490. The fourth-order valence-electron chi connectivity index (χ4n) is 2.45. The van der Waals surface area contributed by atoms with Crippen molar-refractivity contribution in [3.05, 3.63) is 35.6 Å². The first-order chi connectivity index (χ1) is 8.24. The standard InChI is InChI=1S/C15H19NO/c1-10-3-2-4-12-9-13(17-15(10)12)7-8-14(16)11-5-6-11/h2-4,9,11,14H,5-8,16H2,1H3. The zero-order valence-corrected chi connectivity index (χ0v) is 10.3. The molecule has 1 aromatic heterocycles. The Morgan fingerprint density at radius 3 is 2.94 bits per heavy atom. The first-order valence-corrected chi connectivity index (χ1v) is 6.47. The van der Waals surface area contributed by atoms with E-state index in [1.54, 1.807) is 0 Å². The summed E-state index contributed by atoms with van der Waals surface area (Å²) < 4.78 is 5.89. The van der Waals surface area contributed by atoms with E-state index in [-0.39, 0.29) is 0 Å². The lowest BCUT2D eigenvalue weighted by atomic mass is 10.1. The van der Waals surface area contributed by atoms with Gasteiger partial charge in [0.1, 0.15) is 11.3 Å². The monoisotopic (exact) mass is 229 g/mol. The van der Waals surface area contributed by atoms with Gasteiger partial charge in [0.2, 0.25) is 0 Å². The van der Waals surface area contributed by atoms with Gasteiger partial charge in [0, 0.05) is 17.8 Å². The summed E-state index contributed by atoms with van der Waals surface area (Å²) in [6.07, 6.45) is 4.65. The minimum atomic E-state index is 0.365. The predicted octanol–water partition coefficient (Wildman–Crippen LogP) is 3.41. The second kappa shape index (κ2) is 4.19. The van der Waals surface area contributed by atoms with Crippen LogP contribution in [-0.4, -0.2) is 6.04 Å². The summed E-state index contributed by atoms with van der Waals surface area (Å²) in [5.74, 6) is 1.85. The molecule has 17 heavy (non-hydrogen) atoms. The second-order valence-corrected chi connectivity index (χ2v) is 5.25. The van der Waals surface area contributed by atoms with Gasteiger partial charge < -0.3 is 10.2 Å². The summed E-state index contributed by atoms with van der Waals surface area (Å²) in [4.78, 5) is 0. The van der Waals surface area contributed by atoms with Crippen molar-refractivity contribution >= 4 is 11.0 Å². The van der Waals surface area contributed by atoms with Crippen LogP contribution in [0.5, 0.6) is 0 Å². The van der Waals surface area contributed by atoms with Gasteiger partial charge in [-0.05, 0) is 43.7 Å². The Morgan fingerprint density at radius 2 is 2.24 bits per heavy atom. The molecule has 0 spiro atoms. The highest BCUT2D eigenvalue weighted by molar-refractivity contribution is 5.80. The molecule has 1 saturated carbocycles. The lowest BCUT2D eigenvalue weighted by Crippen LogP contribution is -2.22. The molecule has 90 valence electrons. The van der Waals surface area contributed by atoms with E-state index in [4.69, 9.17) is 10.2 Å². The molecule has 2 N–H and O–H groups in total. The van der Waals surface area contributed by atoms with Crippen LogP contribution < -0.4 is 5.73 Å². The fraction of sp³-hybridized carbons (Fsp3) is 0.467. The topological polar surface area (TPSA) is 39.2 Å². The van der Waals surface area contributed by atoms with E-state index >= 15 is 0 Å². The molecular formula is C15H19NO. The van der Waals surface area contributed by atoms with Gasteiger partial charge in [0.25, 0.3) is 0 Å². The van der Waals surface area contributed by atoms with Crippen LogP contribution in [0.15, 0.2) is 28.7 Å². The highest BCUT2D eigenvalue weighted by Crippen LogP contribution is 2.33. The smallest absolute Gasteiger partial charge is 0.137 e. The third-order valence-electron chi connectivity index (χ3n) is 3.74. The zero-order chi connectivity index (χ0) is 11.8. The SMILES string of the molecule is Cc1cccc2cc(CCC(N)C3CC3)oc12. The van der Waals surface area contributed by atoms with E-state index in [0.717, 1.165) is 30.1 Å². The van der Waals surface area contributed by atoms with Gasteiger partial charge >= 0.3 is 0 Å². The first kappa shape index (κ1) is 10.8. The quantitative estimate of drug-likeness (QED) is 0.872. The van der Waals surface area contributed by atoms with Crippen LogP contribution in [0.3, 0.4) is 0 Å². The third-order valence-corrected chi connectivity index (χ3v) is 3.74. The summed E-state index contributed by atoms with van der Waals surface area (Å²) in [7, 11) is 0. The number of benzene rings is 1. The van der Waals surface area contributed by atoms with Gasteiger partial charge in [-0.3, -0.25) is 0 Å². The minimum Gasteiger partial charge on any atom is -0.461 e. The maximum Gasteiger partial charge on any atom is 0.137 e. The summed E-state index contributed by atoms with van der Waals surface area (Å²) in [6.45, 7) is 2.09. The molecule has 3 rings (SSSR count). The summed E-state index contributed by atoms with van der Waals surface area (Å²) >= 11 is 0.